The maximum atomic E-state index is 13.4. The van der Waals surface area contributed by atoms with Crippen molar-refractivity contribution < 1.29 is 58.6 Å². The lowest BCUT2D eigenvalue weighted by molar-refractivity contribution is -0.274. The molecule has 1 saturated heterocycles. The Morgan fingerprint density at radius 1 is 0.976 bits per heavy atom. The molecule has 1 heterocycles. The van der Waals surface area contributed by atoms with E-state index in [9.17, 15) is 49.1 Å². The summed E-state index contributed by atoms with van der Waals surface area (Å²) in [6.07, 6.45) is -18.1. The maximum absolute atomic E-state index is 13.4. The number of nitrogens with zero attached hydrogens (tertiary/aromatic N) is 2. The Morgan fingerprint density at radius 2 is 1.54 bits per heavy atom. The third kappa shape index (κ3) is 7.76. The highest BCUT2D eigenvalue weighted by Gasteiger charge is 2.43. The fraction of sp³-hybridized carbons (Fsp3) is 0.462. The van der Waals surface area contributed by atoms with Crippen molar-refractivity contribution in [2.24, 2.45) is 5.92 Å². The van der Waals surface area contributed by atoms with E-state index in [0.29, 0.717) is 12.1 Å². The standard InChI is InChI=1S/C26H25F9N2O4/c1-13(2)11-37(15(4)38)21-6-5-20(41-26(33,34)35)9-17(21)12-36-14(3)22(40-23(36)39)16-7-18(24(27,28)29)10-19(8-16)25(30,31)32/h5-10,13-14,22H,11-12H2,1-4H3. The van der Waals surface area contributed by atoms with Crippen molar-refractivity contribution in [1.82, 2.24) is 4.90 Å². The smallest absolute Gasteiger partial charge is 0.439 e. The first kappa shape index (κ1) is 31.9. The van der Waals surface area contributed by atoms with Crippen LogP contribution in [0.25, 0.3) is 0 Å². The van der Waals surface area contributed by atoms with E-state index in [1.807, 2.05) is 0 Å². The third-order valence-electron chi connectivity index (χ3n) is 6.17. The molecule has 1 aliphatic heterocycles. The topological polar surface area (TPSA) is 59.1 Å². The van der Waals surface area contributed by atoms with Gasteiger partial charge in [-0.3, -0.25) is 9.69 Å². The van der Waals surface area contributed by atoms with Gasteiger partial charge in [-0.05, 0) is 60.4 Å². The van der Waals surface area contributed by atoms with Gasteiger partial charge in [-0.1, -0.05) is 13.8 Å². The van der Waals surface area contributed by atoms with E-state index < -0.39 is 71.8 Å². The zero-order valence-electron chi connectivity index (χ0n) is 22.0. The van der Waals surface area contributed by atoms with Gasteiger partial charge in [0.05, 0.1) is 23.7 Å². The Morgan fingerprint density at radius 3 is 2.00 bits per heavy atom. The molecular formula is C26H25F9N2O4. The number of benzene rings is 2. The number of carbonyl (C=O) groups is 2. The molecule has 0 N–H and O–H groups in total. The number of cyclic esters (lactones) is 1. The number of carbonyl (C=O) groups excluding carboxylic acids is 2. The van der Waals surface area contributed by atoms with Crippen molar-refractivity contribution in [1.29, 1.82) is 0 Å². The molecule has 0 aliphatic carbocycles. The number of rotatable bonds is 7. The number of alkyl halides is 9. The molecule has 0 saturated carbocycles. The fourth-order valence-electron chi connectivity index (χ4n) is 4.40. The van der Waals surface area contributed by atoms with Crippen molar-refractivity contribution in [2.75, 3.05) is 11.4 Å². The van der Waals surface area contributed by atoms with Crippen molar-refractivity contribution in [3.63, 3.8) is 0 Å². The maximum Gasteiger partial charge on any atom is 0.573 e. The van der Waals surface area contributed by atoms with Gasteiger partial charge in [0.1, 0.15) is 11.9 Å². The second-order valence-electron chi connectivity index (χ2n) is 9.87. The Kier molecular flexibility index (Phi) is 8.80. The van der Waals surface area contributed by atoms with E-state index in [4.69, 9.17) is 4.74 Å². The van der Waals surface area contributed by atoms with Gasteiger partial charge in [-0.2, -0.15) is 26.3 Å². The SMILES string of the molecule is CC(=O)N(CC(C)C)c1ccc(OC(F)(F)F)cc1CN1C(=O)OC(c2cc(C(F)(F)F)cc(C(F)(F)F)c2)C1C. The highest BCUT2D eigenvalue weighted by atomic mass is 19.4. The zero-order valence-corrected chi connectivity index (χ0v) is 22.0. The van der Waals surface area contributed by atoms with Crippen molar-refractivity contribution in [3.05, 3.63) is 58.7 Å². The summed E-state index contributed by atoms with van der Waals surface area (Å²) in [6, 6.07) is 2.76. The van der Waals surface area contributed by atoms with Crippen LogP contribution in [0.3, 0.4) is 0 Å². The first-order chi connectivity index (χ1) is 18.7. The van der Waals surface area contributed by atoms with Crippen LogP contribution in [-0.2, 0) is 28.4 Å². The zero-order chi connectivity index (χ0) is 31.1. The van der Waals surface area contributed by atoms with Crippen LogP contribution in [0.1, 0.15) is 56.1 Å². The molecule has 226 valence electrons. The molecule has 0 bridgehead atoms. The lowest BCUT2D eigenvalue weighted by atomic mass is 9.97. The monoisotopic (exact) mass is 600 g/mol. The number of hydrogen-bond acceptors (Lipinski definition) is 4. The van der Waals surface area contributed by atoms with Gasteiger partial charge in [-0.25, -0.2) is 4.79 Å². The highest BCUT2D eigenvalue weighted by molar-refractivity contribution is 5.92. The van der Waals surface area contributed by atoms with Crippen LogP contribution in [0.15, 0.2) is 36.4 Å². The van der Waals surface area contributed by atoms with Crippen LogP contribution < -0.4 is 9.64 Å². The molecule has 2 aromatic rings. The summed E-state index contributed by atoms with van der Waals surface area (Å²) < 4.78 is 128. The number of amides is 2. The number of ether oxygens (including phenoxy) is 2. The molecule has 15 heteroatoms. The number of anilines is 1. The average molecular weight is 600 g/mol. The van der Waals surface area contributed by atoms with Gasteiger partial charge in [0, 0.05) is 19.2 Å². The van der Waals surface area contributed by atoms with Crippen LogP contribution in [-0.4, -0.2) is 35.8 Å². The van der Waals surface area contributed by atoms with Crippen LogP contribution in [0.2, 0.25) is 0 Å². The Labute approximate surface area is 228 Å². The van der Waals surface area contributed by atoms with E-state index in [1.165, 1.54) is 24.8 Å². The van der Waals surface area contributed by atoms with Crippen LogP contribution in [0.5, 0.6) is 5.75 Å². The highest BCUT2D eigenvalue weighted by Crippen LogP contribution is 2.42. The van der Waals surface area contributed by atoms with Crippen LogP contribution in [0.4, 0.5) is 50.0 Å². The fourth-order valence-corrected chi connectivity index (χ4v) is 4.40. The summed E-state index contributed by atoms with van der Waals surface area (Å²) >= 11 is 0. The van der Waals surface area contributed by atoms with Gasteiger partial charge in [0.2, 0.25) is 5.91 Å². The molecule has 1 aliphatic rings. The molecular weight excluding hydrogens is 575 g/mol. The van der Waals surface area contributed by atoms with Gasteiger partial charge < -0.3 is 14.4 Å². The minimum Gasteiger partial charge on any atom is -0.439 e. The normalized spacial score (nSPS) is 18.1. The molecule has 3 rings (SSSR count). The van der Waals surface area contributed by atoms with Crippen LogP contribution >= 0.6 is 0 Å². The second kappa shape index (κ2) is 11.3. The molecule has 2 atom stereocenters. The van der Waals surface area contributed by atoms with E-state index in [-0.39, 0.29) is 29.8 Å². The minimum absolute atomic E-state index is 0.00734. The lowest BCUT2D eigenvalue weighted by Gasteiger charge is -2.28. The van der Waals surface area contributed by atoms with E-state index in [2.05, 4.69) is 4.74 Å². The van der Waals surface area contributed by atoms with E-state index in [1.54, 1.807) is 13.8 Å². The molecule has 0 spiro atoms. The van der Waals surface area contributed by atoms with Crippen LogP contribution in [0, 0.1) is 5.92 Å². The molecule has 1 fully saturated rings. The molecule has 2 unspecified atom stereocenters. The summed E-state index contributed by atoms with van der Waals surface area (Å²) in [5.74, 6) is -1.22. The van der Waals surface area contributed by atoms with Crippen molar-refractivity contribution >= 4 is 17.7 Å². The summed E-state index contributed by atoms with van der Waals surface area (Å²) in [5, 5.41) is 0. The minimum atomic E-state index is -5.14. The summed E-state index contributed by atoms with van der Waals surface area (Å²) in [5.41, 5.74) is -3.66. The van der Waals surface area contributed by atoms with Crippen molar-refractivity contribution in [3.8, 4) is 5.75 Å². The lowest BCUT2D eigenvalue weighted by Crippen LogP contribution is -2.35. The first-order valence-corrected chi connectivity index (χ1v) is 12.1. The molecule has 2 amide bonds. The largest absolute Gasteiger partial charge is 0.573 e. The quantitative estimate of drug-likeness (QED) is 0.306. The van der Waals surface area contributed by atoms with Gasteiger partial charge in [0.25, 0.3) is 0 Å². The summed E-state index contributed by atoms with van der Waals surface area (Å²) in [4.78, 5) is 27.4. The Bertz CT molecular complexity index is 1260. The molecule has 6 nitrogen and oxygen atoms in total. The number of halogens is 9. The molecule has 0 aromatic heterocycles. The Balaban J connectivity index is 2.05. The second-order valence-corrected chi connectivity index (χ2v) is 9.87. The first-order valence-electron chi connectivity index (χ1n) is 12.1. The third-order valence-corrected chi connectivity index (χ3v) is 6.17. The molecule has 41 heavy (non-hydrogen) atoms. The predicted molar refractivity (Wildman–Crippen MR) is 127 cm³/mol. The summed E-state index contributed by atoms with van der Waals surface area (Å²) in [7, 11) is 0. The van der Waals surface area contributed by atoms with Crippen molar-refractivity contribution in [2.45, 2.75) is 65.1 Å². The molecule has 0 radical (unpaired) electrons. The van der Waals surface area contributed by atoms with Gasteiger partial charge >= 0.3 is 24.8 Å². The van der Waals surface area contributed by atoms with Gasteiger partial charge in [0.15, 0.2) is 0 Å². The predicted octanol–water partition coefficient (Wildman–Crippen LogP) is 7.71. The number of hydrogen-bond donors (Lipinski definition) is 0. The average Bonchev–Trinajstić information content (AvgIpc) is 3.08. The summed E-state index contributed by atoms with van der Waals surface area (Å²) in [6.45, 7) is 5.73. The van der Waals surface area contributed by atoms with E-state index >= 15 is 0 Å². The molecule has 2 aromatic carbocycles. The van der Waals surface area contributed by atoms with Gasteiger partial charge in [-0.15, -0.1) is 13.2 Å². The van der Waals surface area contributed by atoms with E-state index in [0.717, 1.165) is 17.0 Å². The Hall–Kier alpha value is -3.65.